The van der Waals surface area contributed by atoms with E-state index in [9.17, 15) is 0 Å². The number of hydrogen-bond acceptors (Lipinski definition) is 3. The zero-order chi connectivity index (χ0) is 12.6. The van der Waals surface area contributed by atoms with Crippen molar-refractivity contribution in [3.8, 4) is 0 Å². The smallest absolute Gasteiger partial charge is 0.0591 e. The molecule has 1 saturated carbocycles. The zero-order valence-electron chi connectivity index (χ0n) is 11.8. The monoisotopic (exact) mass is 243 g/mol. The largest absolute Gasteiger partial charge is 0.385 e. The number of ether oxygens (including phenoxy) is 2. The van der Waals surface area contributed by atoms with Crippen LogP contribution in [0.5, 0.6) is 0 Å². The molecule has 0 aliphatic heterocycles. The van der Waals surface area contributed by atoms with Crippen molar-refractivity contribution in [2.75, 3.05) is 33.5 Å². The first kappa shape index (κ1) is 14.9. The van der Waals surface area contributed by atoms with Crippen LogP contribution in [0.3, 0.4) is 0 Å². The Morgan fingerprint density at radius 2 is 1.82 bits per heavy atom. The van der Waals surface area contributed by atoms with Crippen molar-refractivity contribution < 1.29 is 9.47 Å². The molecule has 3 heteroatoms. The van der Waals surface area contributed by atoms with Gasteiger partial charge in [-0.15, -0.1) is 0 Å². The predicted molar refractivity (Wildman–Crippen MR) is 71.4 cm³/mol. The van der Waals surface area contributed by atoms with E-state index in [1.165, 1.54) is 25.7 Å². The molecule has 3 nitrogen and oxygen atoms in total. The topological polar surface area (TPSA) is 30.5 Å². The van der Waals surface area contributed by atoms with Crippen molar-refractivity contribution in [2.24, 2.45) is 5.41 Å². The van der Waals surface area contributed by atoms with Crippen molar-refractivity contribution >= 4 is 0 Å². The average molecular weight is 243 g/mol. The quantitative estimate of drug-likeness (QED) is 0.665. The molecular formula is C14H29NO2. The Morgan fingerprint density at radius 3 is 2.47 bits per heavy atom. The maximum absolute atomic E-state index is 5.53. The van der Waals surface area contributed by atoms with Crippen LogP contribution >= 0.6 is 0 Å². The van der Waals surface area contributed by atoms with Gasteiger partial charge in [-0.3, -0.25) is 0 Å². The number of methoxy groups -OCH3 is 1. The lowest BCUT2D eigenvalue weighted by Gasteiger charge is -2.34. The Morgan fingerprint density at radius 1 is 1.12 bits per heavy atom. The molecule has 0 atom stereocenters. The molecule has 102 valence electrons. The first-order valence-corrected chi connectivity index (χ1v) is 6.94. The van der Waals surface area contributed by atoms with Gasteiger partial charge in [-0.05, 0) is 37.5 Å². The van der Waals surface area contributed by atoms with Crippen LogP contribution < -0.4 is 5.32 Å². The van der Waals surface area contributed by atoms with Crippen LogP contribution in [0.4, 0.5) is 0 Å². The van der Waals surface area contributed by atoms with Crippen molar-refractivity contribution in [1.29, 1.82) is 0 Å². The van der Waals surface area contributed by atoms with Gasteiger partial charge in [0.05, 0.1) is 6.61 Å². The van der Waals surface area contributed by atoms with Crippen LogP contribution in [0.25, 0.3) is 0 Å². The van der Waals surface area contributed by atoms with Gasteiger partial charge < -0.3 is 14.8 Å². The molecule has 0 radical (unpaired) electrons. The maximum atomic E-state index is 5.53. The number of rotatable bonds is 8. The summed E-state index contributed by atoms with van der Waals surface area (Å²) < 4.78 is 10.5. The molecular weight excluding hydrogens is 214 g/mol. The van der Waals surface area contributed by atoms with E-state index in [0.29, 0.717) is 11.5 Å². The fraction of sp³-hybridized carbons (Fsp3) is 1.00. The van der Waals surface area contributed by atoms with Gasteiger partial charge in [0.25, 0.3) is 0 Å². The van der Waals surface area contributed by atoms with Crippen LogP contribution in [0, 0.1) is 5.41 Å². The van der Waals surface area contributed by atoms with Crippen LogP contribution in [0.15, 0.2) is 0 Å². The molecule has 0 unspecified atom stereocenters. The van der Waals surface area contributed by atoms with Gasteiger partial charge in [0, 0.05) is 32.9 Å². The SMILES string of the molecule is COCCCOCCNC1CCC(C)(C)CC1. The first-order chi connectivity index (χ1) is 8.14. The Labute approximate surface area is 106 Å². The van der Waals surface area contributed by atoms with Crippen LogP contribution in [0.2, 0.25) is 0 Å². The second-order valence-corrected chi connectivity index (χ2v) is 5.85. The van der Waals surface area contributed by atoms with Crippen molar-refractivity contribution in [1.82, 2.24) is 5.32 Å². The molecule has 1 N–H and O–H groups in total. The molecule has 1 fully saturated rings. The van der Waals surface area contributed by atoms with Crippen molar-refractivity contribution in [3.63, 3.8) is 0 Å². The molecule has 0 aromatic rings. The first-order valence-electron chi connectivity index (χ1n) is 6.94. The molecule has 0 spiro atoms. The summed E-state index contributed by atoms with van der Waals surface area (Å²) in [6.45, 7) is 8.17. The van der Waals surface area contributed by atoms with Gasteiger partial charge >= 0.3 is 0 Å². The summed E-state index contributed by atoms with van der Waals surface area (Å²) in [5, 5.41) is 3.59. The lowest BCUT2D eigenvalue weighted by Crippen LogP contribution is -2.37. The maximum Gasteiger partial charge on any atom is 0.0591 e. The molecule has 17 heavy (non-hydrogen) atoms. The van der Waals surface area contributed by atoms with E-state index in [-0.39, 0.29) is 0 Å². The van der Waals surface area contributed by atoms with E-state index in [1.54, 1.807) is 7.11 Å². The van der Waals surface area contributed by atoms with E-state index in [1.807, 2.05) is 0 Å². The molecule has 0 bridgehead atoms. The van der Waals surface area contributed by atoms with Gasteiger partial charge in [0.1, 0.15) is 0 Å². The third-order valence-electron chi connectivity index (χ3n) is 3.66. The molecule has 0 aromatic heterocycles. The van der Waals surface area contributed by atoms with E-state index in [0.717, 1.165) is 32.8 Å². The Bertz CT molecular complexity index is 185. The van der Waals surface area contributed by atoms with Gasteiger partial charge in [-0.25, -0.2) is 0 Å². The highest BCUT2D eigenvalue weighted by Crippen LogP contribution is 2.34. The van der Waals surface area contributed by atoms with Crippen molar-refractivity contribution in [2.45, 2.75) is 52.0 Å². The van der Waals surface area contributed by atoms with Crippen LogP contribution in [-0.2, 0) is 9.47 Å². The number of hydrogen-bond donors (Lipinski definition) is 1. The Kier molecular flexibility index (Phi) is 7.09. The van der Waals surface area contributed by atoms with E-state index < -0.39 is 0 Å². The zero-order valence-corrected chi connectivity index (χ0v) is 11.8. The molecule has 0 heterocycles. The minimum atomic E-state index is 0.564. The third kappa shape index (κ3) is 7.02. The third-order valence-corrected chi connectivity index (χ3v) is 3.66. The fourth-order valence-electron chi connectivity index (χ4n) is 2.35. The lowest BCUT2D eigenvalue weighted by atomic mass is 9.75. The summed E-state index contributed by atoms with van der Waals surface area (Å²) in [7, 11) is 1.73. The summed E-state index contributed by atoms with van der Waals surface area (Å²) >= 11 is 0. The van der Waals surface area contributed by atoms with E-state index >= 15 is 0 Å². The van der Waals surface area contributed by atoms with Crippen LogP contribution in [-0.4, -0.2) is 39.5 Å². The Hall–Kier alpha value is -0.120. The standard InChI is InChI=1S/C14H29NO2/c1-14(2)7-5-13(6-8-14)15-9-12-17-11-4-10-16-3/h13,15H,4-12H2,1-3H3. The summed E-state index contributed by atoms with van der Waals surface area (Å²) in [4.78, 5) is 0. The van der Waals surface area contributed by atoms with E-state index in [4.69, 9.17) is 9.47 Å². The highest BCUT2D eigenvalue weighted by molar-refractivity contribution is 4.81. The predicted octanol–water partition coefficient (Wildman–Crippen LogP) is 2.60. The van der Waals surface area contributed by atoms with E-state index in [2.05, 4.69) is 19.2 Å². The minimum absolute atomic E-state index is 0.564. The molecule has 0 amide bonds. The minimum Gasteiger partial charge on any atom is -0.385 e. The molecule has 0 saturated heterocycles. The highest BCUT2D eigenvalue weighted by Gasteiger charge is 2.26. The lowest BCUT2D eigenvalue weighted by molar-refractivity contribution is 0.100. The molecule has 0 aromatic carbocycles. The molecule has 1 aliphatic rings. The van der Waals surface area contributed by atoms with Gasteiger partial charge in [-0.2, -0.15) is 0 Å². The summed E-state index contributed by atoms with van der Waals surface area (Å²) in [6.07, 6.45) is 6.32. The molecule has 1 rings (SSSR count). The molecule has 1 aliphatic carbocycles. The summed E-state index contributed by atoms with van der Waals surface area (Å²) in [5.74, 6) is 0. The van der Waals surface area contributed by atoms with Gasteiger partial charge in [-0.1, -0.05) is 13.8 Å². The average Bonchev–Trinajstić information content (AvgIpc) is 2.30. The van der Waals surface area contributed by atoms with Gasteiger partial charge in [0.2, 0.25) is 0 Å². The summed E-state index contributed by atoms with van der Waals surface area (Å²) in [6, 6.07) is 0.714. The highest BCUT2D eigenvalue weighted by atomic mass is 16.5. The normalized spacial score (nSPS) is 20.6. The number of nitrogens with one attached hydrogen (secondary N) is 1. The fourth-order valence-corrected chi connectivity index (χ4v) is 2.35. The second kappa shape index (κ2) is 8.06. The van der Waals surface area contributed by atoms with Crippen LogP contribution in [0.1, 0.15) is 46.0 Å². The Balaban J connectivity index is 1.90. The van der Waals surface area contributed by atoms with Crippen molar-refractivity contribution in [3.05, 3.63) is 0 Å². The summed E-state index contributed by atoms with van der Waals surface area (Å²) in [5.41, 5.74) is 0.564. The second-order valence-electron chi connectivity index (χ2n) is 5.85. The van der Waals surface area contributed by atoms with Gasteiger partial charge in [0.15, 0.2) is 0 Å².